The average Bonchev–Trinajstić information content (AvgIpc) is 4.20. The first-order chi connectivity index (χ1) is 32.0. The van der Waals surface area contributed by atoms with E-state index in [4.69, 9.17) is 28.9 Å². The predicted molar refractivity (Wildman–Crippen MR) is 243 cm³/mol. The van der Waals surface area contributed by atoms with E-state index in [-0.39, 0.29) is 54.8 Å². The molecule has 3 aromatic heterocycles. The van der Waals surface area contributed by atoms with Gasteiger partial charge in [-0.15, -0.1) is 0 Å². The van der Waals surface area contributed by atoms with E-state index >= 15 is 0 Å². The Kier molecular flexibility index (Phi) is 13.7. The van der Waals surface area contributed by atoms with Crippen LogP contribution in [0.25, 0.3) is 44.3 Å². The number of amides is 4. The molecule has 2 saturated heterocycles. The van der Waals surface area contributed by atoms with Gasteiger partial charge in [0.05, 0.1) is 66.0 Å². The number of imidazole rings is 2. The minimum Gasteiger partial charge on any atom is -0.453 e. The molecule has 0 bridgehead atoms. The van der Waals surface area contributed by atoms with E-state index in [0.29, 0.717) is 81.9 Å². The molecule has 5 heterocycles. The summed E-state index contributed by atoms with van der Waals surface area (Å²) in [6, 6.07) is 17.0. The summed E-state index contributed by atoms with van der Waals surface area (Å²) in [6.45, 7) is 1.46. The number of benzene rings is 3. The summed E-state index contributed by atoms with van der Waals surface area (Å²) in [5, 5.41) is 6.69. The van der Waals surface area contributed by atoms with Gasteiger partial charge in [-0.3, -0.25) is 9.59 Å². The largest absolute Gasteiger partial charge is 0.453 e. The number of aromatic amines is 2. The number of hydrogen-bond acceptors (Lipinski definition) is 12. The van der Waals surface area contributed by atoms with E-state index in [9.17, 15) is 27.6 Å². The molecule has 2 aliphatic heterocycles. The molecular weight excluding hydrogens is 871 g/mol. The molecule has 348 valence electrons. The Labute approximate surface area is 381 Å². The predicted octanol–water partition coefficient (Wildman–Crippen LogP) is 5.66. The number of carbonyl (C=O) groups is 4. The summed E-state index contributed by atoms with van der Waals surface area (Å²) in [5.74, 6) is 0.588. The van der Waals surface area contributed by atoms with Crippen molar-refractivity contribution in [3.63, 3.8) is 0 Å². The minimum absolute atomic E-state index is 0.111. The van der Waals surface area contributed by atoms with Gasteiger partial charge in [0.15, 0.2) is 0 Å². The molecule has 4 atom stereocenters. The topological polar surface area (TPSA) is 232 Å². The number of nitrogens with one attached hydrogen (secondary N) is 4. The summed E-state index contributed by atoms with van der Waals surface area (Å²) in [5.41, 5.74) is 3.49. The van der Waals surface area contributed by atoms with Crippen molar-refractivity contribution in [2.45, 2.75) is 67.6 Å². The van der Waals surface area contributed by atoms with Gasteiger partial charge < -0.3 is 49.3 Å². The van der Waals surface area contributed by atoms with Crippen LogP contribution in [-0.4, -0.2) is 133 Å². The highest BCUT2D eigenvalue weighted by Gasteiger charge is 2.38. The number of fused-ring (bicyclic) bond motifs is 3. The fourth-order valence-corrected chi connectivity index (χ4v) is 10.5. The highest BCUT2D eigenvalue weighted by atomic mass is 32.2. The van der Waals surface area contributed by atoms with Crippen LogP contribution in [0.15, 0.2) is 84.0 Å². The van der Waals surface area contributed by atoms with E-state index in [1.165, 1.54) is 32.4 Å². The van der Waals surface area contributed by atoms with Crippen LogP contribution >= 0.6 is 0 Å². The summed E-state index contributed by atoms with van der Waals surface area (Å²) < 4.78 is 50.8. The third kappa shape index (κ3) is 9.07. The Balaban J connectivity index is 1.13. The van der Waals surface area contributed by atoms with E-state index < -0.39 is 34.3 Å². The highest BCUT2D eigenvalue weighted by molar-refractivity contribution is 7.90. The summed E-state index contributed by atoms with van der Waals surface area (Å²) >= 11 is 0. The molecule has 66 heavy (non-hydrogen) atoms. The lowest BCUT2D eigenvalue weighted by molar-refractivity contribution is -0.135. The van der Waals surface area contributed by atoms with E-state index in [1.54, 1.807) is 52.5 Å². The molecule has 8 rings (SSSR count). The molecule has 4 N–H and O–H groups in total. The van der Waals surface area contributed by atoms with Crippen molar-refractivity contribution in [1.29, 1.82) is 0 Å². The van der Waals surface area contributed by atoms with Crippen molar-refractivity contribution < 1.29 is 46.5 Å². The van der Waals surface area contributed by atoms with Gasteiger partial charge in [-0.25, -0.2) is 31.9 Å². The molecule has 0 saturated carbocycles. The molecule has 6 aromatic rings. The Morgan fingerprint density at radius 1 is 0.682 bits per heavy atom. The van der Waals surface area contributed by atoms with Crippen molar-refractivity contribution in [2.24, 2.45) is 0 Å². The molecule has 4 amide bonds. The Hall–Kier alpha value is -6.77. The Bertz CT molecular complexity index is 2690. The molecule has 20 heteroatoms. The fraction of sp³-hybridized carbons (Fsp3) is 0.391. The van der Waals surface area contributed by atoms with E-state index in [1.807, 2.05) is 36.4 Å². The minimum atomic E-state index is -4.17. The van der Waals surface area contributed by atoms with Crippen LogP contribution in [0.2, 0.25) is 0 Å². The van der Waals surface area contributed by atoms with E-state index in [0.717, 1.165) is 12.8 Å². The third-order valence-electron chi connectivity index (χ3n) is 12.3. The first-order valence-corrected chi connectivity index (χ1v) is 23.2. The zero-order valence-corrected chi connectivity index (χ0v) is 37.9. The molecule has 1 unspecified atom stereocenters. The molecule has 0 aliphatic carbocycles. The molecule has 19 nitrogen and oxygen atoms in total. The van der Waals surface area contributed by atoms with Gasteiger partial charge in [-0.05, 0) is 49.9 Å². The van der Waals surface area contributed by atoms with Crippen molar-refractivity contribution in [3.8, 4) is 22.5 Å². The summed E-state index contributed by atoms with van der Waals surface area (Å²) in [6.07, 6.45) is 5.22. The number of hydrogen-bond donors (Lipinski definition) is 4. The van der Waals surface area contributed by atoms with Gasteiger partial charge in [0, 0.05) is 75.3 Å². The third-order valence-corrected chi connectivity index (χ3v) is 14.0. The monoisotopic (exact) mass is 923 g/mol. The van der Waals surface area contributed by atoms with Crippen molar-refractivity contribution >= 4 is 55.8 Å². The second-order valence-corrected chi connectivity index (χ2v) is 18.0. The maximum Gasteiger partial charge on any atom is 0.407 e. The van der Waals surface area contributed by atoms with Crippen molar-refractivity contribution in [2.75, 3.05) is 54.7 Å². The highest BCUT2D eigenvalue weighted by Crippen LogP contribution is 2.39. The lowest BCUT2D eigenvalue weighted by atomic mass is 10.1. The van der Waals surface area contributed by atoms with Crippen molar-refractivity contribution in [3.05, 3.63) is 90.8 Å². The maximum absolute atomic E-state index is 14.8. The molecule has 3 aromatic carbocycles. The number of aromatic nitrogens is 5. The SMILES string of the molecule is COCC[C@H](NC(=O)OC)C(=O)N1CCCC1c1ncc(-c2ccc3c4ccc(-c5cnc([C@@H]6CCCN6C(=O)[C@H](CCOC)NC(=O)OC)[nH]5)cc4n(S(=O)(=O)c4ccccc4)c3c2)[nH]1. The summed E-state index contributed by atoms with van der Waals surface area (Å²) in [4.78, 5) is 71.6. The van der Waals surface area contributed by atoms with Crippen LogP contribution < -0.4 is 10.6 Å². The number of methoxy groups -OCH3 is 4. The van der Waals surface area contributed by atoms with Crippen molar-refractivity contribution in [1.82, 2.24) is 44.3 Å². The Morgan fingerprint density at radius 3 is 1.56 bits per heavy atom. The molecule has 2 aliphatic rings. The molecule has 2 fully saturated rings. The van der Waals surface area contributed by atoms with E-state index in [2.05, 4.69) is 20.6 Å². The number of alkyl carbamates (subject to hydrolysis) is 2. The second-order valence-electron chi connectivity index (χ2n) is 16.2. The second kappa shape index (κ2) is 19.8. The number of nitrogens with zero attached hydrogens (tertiary/aromatic N) is 5. The van der Waals surface area contributed by atoms with Crippen LogP contribution in [0, 0.1) is 0 Å². The van der Waals surface area contributed by atoms with Crippen LogP contribution in [0.5, 0.6) is 0 Å². The van der Waals surface area contributed by atoms with Crippen LogP contribution in [-0.2, 0) is 38.6 Å². The van der Waals surface area contributed by atoms with Gasteiger partial charge in [0.2, 0.25) is 11.8 Å². The number of H-pyrrole nitrogens is 2. The molecular formula is C46H53N9O10S. The van der Waals surface area contributed by atoms with Gasteiger partial charge in [-0.2, -0.15) is 0 Å². The molecule has 0 radical (unpaired) electrons. The summed E-state index contributed by atoms with van der Waals surface area (Å²) in [7, 11) is 1.37. The fourth-order valence-electron chi connectivity index (χ4n) is 9.00. The zero-order chi connectivity index (χ0) is 46.5. The number of ether oxygens (including phenoxy) is 4. The number of rotatable bonds is 16. The maximum atomic E-state index is 14.8. The first-order valence-electron chi connectivity index (χ1n) is 21.7. The van der Waals surface area contributed by atoms with Crippen LogP contribution in [0.3, 0.4) is 0 Å². The standard InChI is InChI=1S/C46H53N9O10S/c1-62-22-18-33(51-45(58)64-3)43(56)53-20-8-12-37(53)41-47-26-35(49-41)28-14-16-31-32-17-15-29(25-40(32)55(39(31)24-28)66(60,61)30-10-6-5-7-11-30)36-27-48-42(50-36)38-13-9-21-54(38)44(57)34(19-23-63-2)52-46(59)65-4/h5-7,10-11,14-17,24-27,33-34,37-38H,8-9,12-13,18-23H2,1-4H3,(H,47,49)(H,48,50)(H,51,58)(H,52,59)/t33-,34-,37-,38?/m0/s1. The lowest BCUT2D eigenvalue weighted by Crippen LogP contribution is -2.49. The lowest BCUT2D eigenvalue weighted by Gasteiger charge is -2.28. The van der Waals surface area contributed by atoms with Gasteiger partial charge in [0.25, 0.3) is 10.0 Å². The Morgan fingerprint density at radius 2 is 1.14 bits per heavy atom. The van der Waals surface area contributed by atoms with Crippen LogP contribution in [0.4, 0.5) is 9.59 Å². The first kappa shape index (κ1) is 45.8. The van der Waals surface area contributed by atoms with Gasteiger partial charge >= 0.3 is 12.2 Å². The molecule has 0 spiro atoms. The van der Waals surface area contributed by atoms with Crippen LogP contribution in [0.1, 0.15) is 62.3 Å². The van der Waals surface area contributed by atoms with Gasteiger partial charge in [-0.1, -0.05) is 42.5 Å². The normalized spacial score (nSPS) is 17.3. The number of likely N-dealkylation sites (tertiary alicyclic amines) is 2. The number of carbonyl (C=O) groups excluding carboxylic acids is 4. The zero-order valence-electron chi connectivity index (χ0n) is 37.1. The smallest absolute Gasteiger partial charge is 0.407 e. The average molecular weight is 924 g/mol. The van der Waals surface area contributed by atoms with Gasteiger partial charge in [0.1, 0.15) is 23.7 Å². The quantitative estimate of drug-likeness (QED) is 0.0922.